The summed E-state index contributed by atoms with van der Waals surface area (Å²) in [6, 6.07) is 9.73. The maximum Gasteiger partial charge on any atom is 0.270 e. The highest BCUT2D eigenvalue weighted by Crippen LogP contribution is 2.28. The number of amides is 2. The van der Waals surface area contributed by atoms with Crippen molar-refractivity contribution >= 4 is 40.9 Å². The van der Waals surface area contributed by atoms with E-state index >= 15 is 0 Å². The maximum atomic E-state index is 13.5. The van der Waals surface area contributed by atoms with Crippen molar-refractivity contribution in [2.45, 2.75) is 0 Å². The summed E-state index contributed by atoms with van der Waals surface area (Å²) < 4.78 is 18.4. The van der Waals surface area contributed by atoms with Gasteiger partial charge in [0.15, 0.2) is 16.6 Å². The second kappa shape index (κ2) is 6.93. The van der Waals surface area contributed by atoms with E-state index in [-0.39, 0.29) is 27.9 Å². The third-order valence-electron chi connectivity index (χ3n) is 3.68. The number of halogens is 1. The van der Waals surface area contributed by atoms with Gasteiger partial charge in [0, 0.05) is 0 Å². The summed E-state index contributed by atoms with van der Waals surface area (Å²) in [6.07, 6.45) is 1.31. The average molecular weight is 372 g/mol. The van der Waals surface area contributed by atoms with Gasteiger partial charge in [-0.3, -0.25) is 19.8 Å². The maximum absolute atomic E-state index is 13.5. The van der Waals surface area contributed by atoms with Crippen LogP contribution in [0.2, 0.25) is 0 Å². The van der Waals surface area contributed by atoms with Crippen molar-refractivity contribution in [2.24, 2.45) is 0 Å². The highest BCUT2D eigenvalue weighted by molar-refractivity contribution is 7.80. The number of aromatic hydroxyl groups is 1. The van der Waals surface area contributed by atoms with Crippen molar-refractivity contribution in [1.82, 2.24) is 5.32 Å². The average Bonchev–Trinajstić information content (AvgIpc) is 2.58. The minimum atomic E-state index is -0.695. The van der Waals surface area contributed by atoms with E-state index < -0.39 is 17.6 Å². The van der Waals surface area contributed by atoms with E-state index in [1.165, 1.54) is 43.5 Å². The fourth-order valence-electron chi connectivity index (χ4n) is 2.47. The molecule has 2 amide bonds. The molecule has 1 aliphatic rings. The largest absolute Gasteiger partial charge is 0.504 e. The predicted molar refractivity (Wildman–Crippen MR) is 97.3 cm³/mol. The van der Waals surface area contributed by atoms with Crippen LogP contribution < -0.4 is 15.0 Å². The van der Waals surface area contributed by atoms with Gasteiger partial charge in [0.25, 0.3) is 11.8 Å². The van der Waals surface area contributed by atoms with Gasteiger partial charge in [0.1, 0.15) is 11.4 Å². The highest BCUT2D eigenvalue weighted by atomic mass is 32.1. The summed E-state index contributed by atoms with van der Waals surface area (Å²) in [6.45, 7) is 0. The number of phenols is 1. The molecule has 2 aromatic carbocycles. The number of benzene rings is 2. The van der Waals surface area contributed by atoms with Crippen LogP contribution in [0.3, 0.4) is 0 Å². The van der Waals surface area contributed by atoms with Crippen molar-refractivity contribution in [3.05, 3.63) is 59.4 Å². The van der Waals surface area contributed by atoms with E-state index in [0.717, 1.165) is 11.0 Å². The lowest BCUT2D eigenvalue weighted by atomic mass is 10.1. The zero-order valence-electron chi connectivity index (χ0n) is 13.5. The molecule has 0 saturated carbocycles. The molecular weight excluding hydrogens is 359 g/mol. The third-order valence-corrected chi connectivity index (χ3v) is 3.97. The third kappa shape index (κ3) is 3.27. The Balaban J connectivity index is 2.01. The van der Waals surface area contributed by atoms with Gasteiger partial charge in [-0.2, -0.15) is 0 Å². The lowest BCUT2D eigenvalue weighted by molar-refractivity contribution is -0.122. The van der Waals surface area contributed by atoms with Crippen LogP contribution in [0.25, 0.3) is 6.08 Å². The lowest BCUT2D eigenvalue weighted by Gasteiger charge is -2.28. The molecule has 0 radical (unpaired) electrons. The topological polar surface area (TPSA) is 78.9 Å². The van der Waals surface area contributed by atoms with Gasteiger partial charge in [-0.1, -0.05) is 12.1 Å². The summed E-state index contributed by atoms with van der Waals surface area (Å²) >= 11 is 5.04. The van der Waals surface area contributed by atoms with E-state index in [1.807, 2.05) is 0 Å². The molecule has 132 valence electrons. The Morgan fingerprint density at radius 3 is 2.65 bits per heavy atom. The fraction of sp³-hybridized carbons (Fsp3) is 0.0556. The standard InChI is InChI=1S/C18H13FN2O4S/c1-25-15-6-5-10(8-14(15)22)7-13-16(23)20-18(26)21(17(13)24)12-4-2-3-11(19)9-12/h2-9,22H,1H3,(H,20,23,26). The van der Waals surface area contributed by atoms with Crippen LogP contribution in [0.1, 0.15) is 5.56 Å². The number of anilines is 1. The van der Waals surface area contributed by atoms with Crippen LogP contribution in [0.15, 0.2) is 48.0 Å². The number of rotatable bonds is 3. The SMILES string of the molecule is COc1ccc(C=C2C(=O)NC(=S)N(c3cccc(F)c3)C2=O)cc1O. The van der Waals surface area contributed by atoms with E-state index in [0.29, 0.717) is 5.56 Å². The van der Waals surface area contributed by atoms with Crippen LogP contribution in [0.5, 0.6) is 11.5 Å². The van der Waals surface area contributed by atoms with Crippen LogP contribution in [0, 0.1) is 5.82 Å². The van der Waals surface area contributed by atoms with Crippen molar-refractivity contribution < 1.29 is 23.8 Å². The summed E-state index contributed by atoms with van der Waals surface area (Å²) in [7, 11) is 1.41. The second-order valence-corrected chi connectivity index (χ2v) is 5.76. The number of carbonyl (C=O) groups excluding carboxylic acids is 2. The number of methoxy groups -OCH3 is 1. The summed E-state index contributed by atoms with van der Waals surface area (Å²) in [5.74, 6) is -1.79. The molecule has 1 fully saturated rings. The number of ether oxygens (including phenoxy) is 1. The number of phenolic OH excluding ortho intramolecular Hbond substituents is 1. The van der Waals surface area contributed by atoms with Gasteiger partial charge in [-0.25, -0.2) is 4.39 Å². The van der Waals surface area contributed by atoms with E-state index in [1.54, 1.807) is 6.07 Å². The number of nitrogens with zero attached hydrogens (tertiary/aromatic N) is 1. The summed E-state index contributed by atoms with van der Waals surface area (Å²) in [5, 5.41) is 12.1. The molecule has 26 heavy (non-hydrogen) atoms. The Bertz CT molecular complexity index is 958. The molecule has 1 saturated heterocycles. The predicted octanol–water partition coefficient (Wildman–Crippen LogP) is 2.37. The Morgan fingerprint density at radius 2 is 2.00 bits per heavy atom. The Labute approximate surface area is 153 Å². The van der Waals surface area contributed by atoms with E-state index in [9.17, 15) is 19.1 Å². The zero-order chi connectivity index (χ0) is 18.8. The zero-order valence-corrected chi connectivity index (χ0v) is 14.3. The monoisotopic (exact) mass is 372 g/mol. The van der Waals surface area contributed by atoms with Crippen molar-refractivity contribution in [2.75, 3.05) is 12.0 Å². The number of hydrogen-bond acceptors (Lipinski definition) is 5. The molecule has 0 unspecified atom stereocenters. The Morgan fingerprint density at radius 1 is 1.23 bits per heavy atom. The first-order valence-electron chi connectivity index (χ1n) is 7.44. The van der Waals surface area contributed by atoms with Crippen LogP contribution in [0.4, 0.5) is 10.1 Å². The molecule has 6 nitrogen and oxygen atoms in total. The number of nitrogens with one attached hydrogen (secondary N) is 1. The number of carbonyl (C=O) groups is 2. The molecule has 0 aromatic heterocycles. The minimum Gasteiger partial charge on any atom is -0.504 e. The molecule has 3 rings (SSSR count). The van der Waals surface area contributed by atoms with Gasteiger partial charge >= 0.3 is 0 Å². The van der Waals surface area contributed by atoms with E-state index in [4.69, 9.17) is 17.0 Å². The van der Waals surface area contributed by atoms with Crippen LogP contribution in [-0.2, 0) is 9.59 Å². The molecule has 1 aliphatic heterocycles. The first-order chi connectivity index (χ1) is 12.4. The molecule has 0 bridgehead atoms. The molecule has 2 N–H and O–H groups in total. The molecule has 0 atom stereocenters. The van der Waals surface area contributed by atoms with Gasteiger partial charge in [0.05, 0.1) is 12.8 Å². The normalized spacial score (nSPS) is 16.0. The van der Waals surface area contributed by atoms with Crippen molar-refractivity contribution in [3.8, 4) is 11.5 Å². The molecule has 0 aliphatic carbocycles. The first-order valence-corrected chi connectivity index (χ1v) is 7.85. The Hall–Kier alpha value is -3.26. The minimum absolute atomic E-state index is 0.136. The second-order valence-electron chi connectivity index (χ2n) is 5.37. The number of hydrogen-bond donors (Lipinski definition) is 2. The first kappa shape index (κ1) is 17.6. The van der Waals surface area contributed by atoms with Crippen molar-refractivity contribution in [1.29, 1.82) is 0 Å². The van der Waals surface area contributed by atoms with Crippen LogP contribution >= 0.6 is 12.2 Å². The Kier molecular flexibility index (Phi) is 4.68. The lowest BCUT2D eigenvalue weighted by Crippen LogP contribution is -2.54. The van der Waals surface area contributed by atoms with Gasteiger partial charge < -0.3 is 9.84 Å². The van der Waals surface area contributed by atoms with Gasteiger partial charge in [-0.15, -0.1) is 0 Å². The molecule has 8 heteroatoms. The summed E-state index contributed by atoms with van der Waals surface area (Å²) in [5.41, 5.74) is 0.407. The molecule has 2 aromatic rings. The van der Waals surface area contributed by atoms with Gasteiger partial charge in [-0.05, 0) is 54.2 Å². The molecular formula is C18H13FN2O4S. The number of thiocarbonyl (C=S) groups is 1. The smallest absolute Gasteiger partial charge is 0.270 e. The van der Waals surface area contributed by atoms with E-state index in [2.05, 4.69) is 5.32 Å². The highest BCUT2D eigenvalue weighted by Gasteiger charge is 2.34. The van der Waals surface area contributed by atoms with Crippen molar-refractivity contribution in [3.63, 3.8) is 0 Å². The molecule has 0 spiro atoms. The fourth-order valence-corrected chi connectivity index (χ4v) is 2.75. The molecule has 1 heterocycles. The quantitative estimate of drug-likeness (QED) is 0.491. The van der Waals surface area contributed by atoms with Gasteiger partial charge in [0.2, 0.25) is 0 Å². The summed E-state index contributed by atoms with van der Waals surface area (Å²) in [4.78, 5) is 26.0. The van der Waals surface area contributed by atoms with Crippen LogP contribution in [-0.4, -0.2) is 29.1 Å².